The normalized spacial score (nSPS) is 10.6. The van der Waals surface area contributed by atoms with Gasteiger partial charge in [0.1, 0.15) is 10.8 Å². The predicted octanol–water partition coefficient (Wildman–Crippen LogP) is 4.26. The number of rotatable bonds is 4. The Labute approximate surface area is 126 Å². The summed E-state index contributed by atoms with van der Waals surface area (Å²) in [5, 5.41) is 6.19. The first-order chi connectivity index (χ1) is 10.2. The Hall–Kier alpha value is -2.27. The SMILES string of the molecule is Cc1ccc(NCc2csc(-c3ccc(F)cc3)n2)cn1. The molecule has 0 radical (unpaired) electrons. The molecule has 0 fully saturated rings. The molecule has 2 aromatic heterocycles. The number of thiazole rings is 1. The zero-order chi connectivity index (χ0) is 14.7. The lowest BCUT2D eigenvalue weighted by atomic mass is 10.2. The lowest BCUT2D eigenvalue weighted by Crippen LogP contribution is -2.00. The Balaban J connectivity index is 1.67. The number of hydrogen-bond donors (Lipinski definition) is 1. The van der Waals surface area contributed by atoms with Crippen LogP contribution in [-0.4, -0.2) is 9.97 Å². The van der Waals surface area contributed by atoms with E-state index in [4.69, 9.17) is 0 Å². The Kier molecular flexibility index (Phi) is 3.92. The quantitative estimate of drug-likeness (QED) is 0.782. The number of nitrogens with one attached hydrogen (secondary N) is 1. The summed E-state index contributed by atoms with van der Waals surface area (Å²) in [4.78, 5) is 8.79. The zero-order valence-corrected chi connectivity index (χ0v) is 12.3. The second kappa shape index (κ2) is 6.01. The summed E-state index contributed by atoms with van der Waals surface area (Å²) in [6, 6.07) is 10.4. The van der Waals surface area contributed by atoms with Gasteiger partial charge in [-0.25, -0.2) is 9.37 Å². The first kappa shape index (κ1) is 13.7. The van der Waals surface area contributed by atoms with E-state index < -0.39 is 0 Å². The number of nitrogens with zero attached hydrogens (tertiary/aromatic N) is 2. The third-order valence-corrected chi connectivity index (χ3v) is 3.97. The fourth-order valence-corrected chi connectivity index (χ4v) is 2.70. The molecule has 0 aliphatic heterocycles. The molecule has 5 heteroatoms. The van der Waals surface area contributed by atoms with Crippen molar-refractivity contribution in [2.75, 3.05) is 5.32 Å². The maximum absolute atomic E-state index is 12.9. The molecule has 106 valence electrons. The summed E-state index contributed by atoms with van der Waals surface area (Å²) in [6.45, 7) is 2.60. The number of aryl methyl sites for hydroxylation is 1. The molecular formula is C16H14FN3S. The minimum Gasteiger partial charge on any atom is -0.378 e. The van der Waals surface area contributed by atoms with Crippen molar-refractivity contribution in [3.8, 4) is 10.6 Å². The molecule has 1 aromatic carbocycles. The number of hydrogen-bond acceptors (Lipinski definition) is 4. The zero-order valence-electron chi connectivity index (χ0n) is 11.5. The van der Waals surface area contributed by atoms with Gasteiger partial charge in [0.05, 0.1) is 24.1 Å². The predicted molar refractivity (Wildman–Crippen MR) is 83.8 cm³/mol. The Bertz CT molecular complexity index is 720. The molecule has 0 saturated heterocycles. The standard InChI is InChI=1S/C16H14FN3S/c1-11-2-7-14(8-18-11)19-9-15-10-21-16(20-15)12-3-5-13(17)6-4-12/h2-8,10,19H,9H2,1H3. The molecule has 0 amide bonds. The maximum atomic E-state index is 12.9. The number of benzene rings is 1. The van der Waals surface area contributed by atoms with Crippen LogP contribution in [0.4, 0.5) is 10.1 Å². The topological polar surface area (TPSA) is 37.8 Å². The van der Waals surface area contributed by atoms with Gasteiger partial charge >= 0.3 is 0 Å². The number of pyridine rings is 1. The highest BCUT2D eigenvalue weighted by atomic mass is 32.1. The van der Waals surface area contributed by atoms with Crippen LogP contribution in [0.5, 0.6) is 0 Å². The van der Waals surface area contributed by atoms with E-state index in [9.17, 15) is 4.39 Å². The average molecular weight is 299 g/mol. The molecule has 3 nitrogen and oxygen atoms in total. The van der Waals surface area contributed by atoms with E-state index in [1.54, 1.807) is 23.5 Å². The van der Waals surface area contributed by atoms with Crippen molar-refractivity contribution >= 4 is 17.0 Å². The third kappa shape index (κ3) is 3.44. The van der Waals surface area contributed by atoms with Crippen LogP contribution in [0.15, 0.2) is 48.0 Å². The lowest BCUT2D eigenvalue weighted by Gasteiger charge is -2.03. The fourth-order valence-electron chi connectivity index (χ4n) is 1.88. The third-order valence-electron chi connectivity index (χ3n) is 3.03. The average Bonchev–Trinajstić information content (AvgIpc) is 2.96. The van der Waals surface area contributed by atoms with E-state index in [-0.39, 0.29) is 5.82 Å². The second-order valence-corrected chi connectivity index (χ2v) is 5.55. The molecule has 2 heterocycles. The van der Waals surface area contributed by atoms with Crippen LogP contribution >= 0.6 is 11.3 Å². The van der Waals surface area contributed by atoms with Crippen LogP contribution in [0.1, 0.15) is 11.4 Å². The van der Waals surface area contributed by atoms with E-state index in [1.165, 1.54) is 12.1 Å². The van der Waals surface area contributed by atoms with Gasteiger partial charge < -0.3 is 5.32 Å². The van der Waals surface area contributed by atoms with E-state index in [0.29, 0.717) is 6.54 Å². The molecule has 0 saturated carbocycles. The van der Waals surface area contributed by atoms with Crippen molar-refractivity contribution in [1.82, 2.24) is 9.97 Å². The molecule has 1 N–H and O–H groups in total. The molecule has 3 rings (SSSR count). The van der Waals surface area contributed by atoms with Crippen LogP contribution in [0.2, 0.25) is 0 Å². The van der Waals surface area contributed by atoms with Crippen molar-refractivity contribution in [1.29, 1.82) is 0 Å². The molecule has 0 aliphatic rings. The Morgan fingerprint density at radius 3 is 2.67 bits per heavy atom. The smallest absolute Gasteiger partial charge is 0.123 e. The maximum Gasteiger partial charge on any atom is 0.123 e. The van der Waals surface area contributed by atoms with Gasteiger partial charge in [-0.15, -0.1) is 11.3 Å². The first-order valence-corrected chi connectivity index (χ1v) is 7.45. The van der Waals surface area contributed by atoms with Crippen LogP contribution in [0.3, 0.4) is 0 Å². The van der Waals surface area contributed by atoms with Gasteiger partial charge in [0.25, 0.3) is 0 Å². The van der Waals surface area contributed by atoms with Gasteiger partial charge in [0.15, 0.2) is 0 Å². The lowest BCUT2D eigenvalue weighted by molar-refractivity contribution is 0.628. The van der Waals surface area contributed by atoms with Gasteiger partial charge in [-0.1, -0.05) is 0 Å². The van der Waals surface area contributed by atoms with Gasteiger partial charge in [0.2, 0.25) is 0 Å². The minimum absolute atomic E-state index is 0.232. The monoisotopic (exact) mass is 299 g/mol. The Morgan fingerprint density at radius 2 is 1.95 bits per heavy atom. The van der Waals surface area contributed by atoms with Crippen molar-refractivity contribution in [2.45, 2.75) is 13.5 Å². The van der Waals surface area contributed by atoms with Crippen LogP contribution < -0.4 is 5.32 Å². The first-order valence-electron chi connectivity index (χ1n) is 6.57. The molecule has 0 atom stereocenters. The molecule has 0 aliphatic carbocycles. The molecular weight excluding hydrogens is 285 g/mol. The van der Waals surface area contributed by atoms with Gasteiger partial charge in [0, 0.05) is 16.6 Å². The Morgan fingerprint density at radius 1 is 1.14 bits per heavy atom. The summed E-state index contributed by atoms with van der Waals surface area (Å²) in [5.74, 6) is -0.232. The number of aromatic nitrogens is 2. The second-order valence-electron chi connectivity index (χ2n) is 4.69. The van der Waals surface area contributed by atoms with Gasteiger partial charge in [-0.05, 0) is 43.3 Å². The number of halogens is 1. The highest BCUT2D eigenvalue weighted by Gasteiger charge is 2.05. The molecule has 0 unspecified atom stereocenters. The summed E-state index contributed by atoms with van der Waals surface area (Å²) in [5.41, 5.74) is 3.86. The van der Waals surface area contributed by atoms with Crippen molar-refractivity contribution in [3.05, 3.63) is 65.2 Å². The summed E-state index contributed by atoms with van der Waals surface area (Å²) in [6.07, 6.45) is 1.81. The molecule has 0 spiro atoms. The summed E-state index contributed by atoms with van der Waals surface area (Å²) < 4.78 is 12.9. The van der Waals surface area contributed by atoms with Crippen molar-refractivity contribution in [2.24, 2.45) is 0 Å². The van der Waals surface area contributed by atoms with Crippen LogP contribution in [-0.2, 0) is 6.54 Å². The minimum atomic E-state index is -0.232. The van der Waals surface area contributed by atoms with E-state index in [0.717, 1.165) is 27.6 Å². The van der Waals surface area contributed by atoms with Crippen molar-refractivity contribution in [3.63, 3.8) is 0 Å². The van der Waals surface area contributed by atoms with E-state index in [2.05, 4.69) is 15.3 Å². The van der Waals surface area contributed by atoms with Crippen molar-refractivity contribution < 1.29 is 4.39 Å². The van der Waals surface area contributed by atoms with E-state index in [1.807, 2.05) is 30.6 Å². The van der Waals surface area contributed by atoms with Crippen LogP contribution in [0.25, 0.3) is 10.6 Å². The fraction of sp³-hybridized carbons (Fsp3) is 0.125. The summed E-state index contributed by atoms with van der Waals surface area (Å²) in [7, 11) is 0. The highest BCUT2D eigenvalue weighted by molar-refractivity contribution is 7.13. The highest BCUT2D eigenvalue weighted by Crippen LogP contribution is 2.24. The molecule has 0 bridgehead atoms. The molecule has 21 heavy (non-hydrogen) atoms. The summed E-state index contributed by atoms with van der Waals surface area (Å²) >= 11 is 1.56. The number of anilines is 1. The van der Waals surface area contributed by atoms with E-state index >= 15 is 0 Å². The van der Waals surface area contributed by atoms with Gasteiger partial charge in [-0.2, -0.15) is 0 Å². The largest absolute Gasteiger partial charge is 0.378 e. The molecule has 3 aromatic rings. The van der Waals surface area contributed by atoms with Gasteiger partial charge in [-0.3, -0.25) is 4.98 Å². The van der Waals surface area contributed by atoms with Crippen LogP contribution in [0, 0.1) is 12.7 Å².